The number of hydrogen-bond donors (Lipinski definition) is 3. The molecule has 0 aliphatic carbocycles. The molecule has 0 unspecified atom stereocenters. The van der Waals surface area contributed by atoms with Crippen LogP contribution in [-0.4, -0.2) is 48.9 Å². The molecule has 3 N–H and O–H groups in total. The van der Waals surface area contributed by atoms with Crippen molar-refractivity contribution >= 4 is 23.2 Å². The van der Waals surface area contributed by atoms with Gasteiger partial charge in [-0.25, -0.2) is 0 Å². The maximum atomic E-state index is 12.1. The molecular formula is C19H30N4O2. The standard InChI is InChI=1S/C19H30N4O2/c1-3-11-23(12-4-2)13-7-10-20-18(24)14-17-19(25)22-16-9-6-5-8-15(16)21-17/h5-6,8-9,17,21H,3-4,7,10-14H2,1-2H3,(H,20,24)(H,22,25)/t17-/m0/s1. The summed E-state index contributed by atoms with van der Waals surface area (Å²) in [6.45, 7) is 8.22. The molecule has 0 fully saturated rings. The van der Waals surface area contributed by atoms with Crippen molar-refractivity contribution in [1.82, 2.24) is 10.2 Å². The highest BCUT2D eigenvalue weighted by atomic mass is 16.2. The van der Waals surface area contributed by atoms with Crippen LogP contribution in [0.25, 0.3) is 0 Å². The van der Waals surface area contributed by atoms with Gasteiger partial charge in [0, 0.05) is 6.54 Å². The van der Waals surface area contributed by atoms with Crippen LogP contribution in [0.15, 0.2) is 24.3 Å². The largest absolute Gasteiger partial charge is 0.372 e. The van der Waals surface area contributed by atoms with Gasteiger partial charge >= 0.3 is 0 Å². The van der Waals surface area contributed by atoms with Crippen LogP contribution >= 0.6 is 0 Å². The molecule has 1 aliphatic rings. The zero-order valence-electron chi connectivity index (χ0n) is 15.3. The van der Waals surface area contributed by atoms with Crippen molar-refractivity contribution in [1.29, 1.82) is 0 Å². The lowest BCUT2D eigenvalue weighted by atomic mass is 10.1. The van der Waals surface area contributed by atoms with E-state index < -0.39 is 6.04 Å². The summed E-state index contributed by atoms with van der Waals surface area (Å²) in [7, 11) is 0. The first-order valence-corrected chi connectivity index (χ1v) is 9.29. The van der Waals surface area contributed by atoms with Crippen LogP contribution in [0.3, 0.4) is 0 Å². The van der Waals surface area contributed by atoms with E-state index in [1.54, 1.807) is 0 Å². The van der Waals surface area contributed by atoms with Crippen LogP contribution in [-0.2, 0) is 9.59 Å². The SMILES string of the molecule is CCCN(CCC)CCCNC(=O)C[C@@H]1Nc2ccccc2NC1=O. The minimum absolute atomic E-state index is 0.0930. The Hall–Kier alpha value is -2.08. The number of amides is 2. The third kappa shape index (κ3) is 6.05. The number of rotatable bonds is 10. The first-order chi connectivity index (χ1) is 12.1. The number of fused-ring (bicyclic) bond motifs is 1. The van der Waals surface area contributed by atoms with Crippen molar-refractivity contribution in [3.8, 4) is 0 Å². The summed E-state index contributed by atoms with van der Waals surface area (Å²) < 4.78 is 0. The minimum Gasteiger partial charge on any atom is -0.372 e. The van der Waals surface area contributed by atoms with E-state index in [0.717, 1.165) is 50.3 Å². The number of benzene rings is 1. The van der Waals surface area contributed by atoms with Gasteiger partial charge in [0.05, 0.1) is 17.8 Å². The third-order valence-electron chi connectivity index (χ3n) is 4.27. The average Bonchev–Trinajstić information content (AvgIpc) is 2.59. The second-order valence-corrected chi connectivity index (χ2v) is 6.48. The molecule has 1 atom stereocenters. The van der Waals surface area contributed by atoms with E-state index in [2.05, 4.69) is 34.7 Å². The first-order valence-electron chi connectivity index (χ1n) is 9.29. The lowest BCUT2D eigenvalue weighted by molar-refractivity contribution is -0.125. The van der Waals surface area contributed by atoms with Gasteiger partial charge in [0.2, 0.25) is 11.8 Å². The molecule has 25 heavy (non-hydrogen) atoms. The quantitative estimate of drug-likeness (QED) is 0.569. The smallest absolute Gasteiger partial charge is 0.247 e. The van der Waals surface area contributed by atoms with Crippen LogP contribution in [0, 0.1) is 0 Å². The molecule has 2 amide bonds. The van der Waals surface area contributed by atoms with Gasteiger partial charge < -0.3 is 20.9 Å². The molecule has 0 aromatic heterocycles. The van der Waals surface area contributed by atoms with E-state index in [9.17, 15) is 9.59 Å². The van der Waals surface area contributed by atoms with Gasteiger partial charge in [-0.2, -0.15) is 0 Å². The molecule has 0 spiro atoms. The second-order valence-electron chi connectivity index (χ2n) is 6.48. The maximum absolute atomic E-state index is 12.1. The zero-order chi connectivity index (χ0) is 18.1. The second kappa shape index (κ2) is 10.0. The molecule has 0 radical (unpaired) electrons. The van der Waals surface area contributed by atoms with Gasteiger partial charge in [-0.15, -0.1) is 0 Å². The monoisotopic (exact) mass is 346 g/mol. The zero-order valence-corrected chi connectivity index (χ0v) is 15.3. The predicted molar refractivity (Wildman–Crippen MR) is 102 cm³/mol. The van der Waals surface area contributed by atoms with E-state index in [4.69, 9.17) is 0 Å². The average molecular weight is 346 g/mol. The molecule has 0 saturated carbocycles. The fourth-order valence-electron chi connectivity index (χ4n) is 3.09. The third-order valence-corrected chi connectivity index (χ3v) is 4.27. The summed E-state index contributed by atoms with van der Waals surface area (Å²) in [6.07, 6.45) is 3.37. The molecule has 0 bridgehead atoms. The molecule has 138 valence electrons. The van der Waals surface area contributed by atoms with E-state index >= 15 is 0 Å². The first kappa shape index (κ1) is 19.2. The fraction of sp³-hybridized carbons (Fsp3) is 0.579. The summed E-state index contributed by atoms with van der Waals surface area (Å²) >= 11 is 0. The summed E-state index contributed by atoms with van der Waals surface area (Å²) in [5.41, 5.74) is 1.62. The number of carbonyl (C=O) groups excluding carboxylic acids is 2. The normalized spacial score (nSPS) is 16.1. The van der Waals surface area contributed by atoms with Crippen LogP contribution in [0.1, 0.15) is 39.5 Å². The molecule has 1 aromatic rings. The van der Waals surface area contributed by atoms with Gasteiger partial charge in [-0.3, -0.25) is 9.59 Å². The van der Waals surface area contributed by atoms with Crippen LogP contribution in [0.2, 0.25) is 0 Å². The molecular weight excluding hydrogens is 316 g/mol. The number of hydrogen-bond acceptors (Lipinski definition) is 4. The fourth-order valence-corrected chi connectivity index (χ4v) is 3.09. The van der Waals surface area contributed by atoms with Crippen molar-refractivity contribution in [3.63, 3.8) is 0 Å². The van der Waals surface area contributed by atoms with Crippen LogP contribution < -0.4 is 16.0 Å². The summed E-state index contributed by atoms with van der Waals surface area (Å²) in [6, 6.07) is 6.99. The Labute approximate surface area is 150 Å². The molecule has 1 aromatic carbocycles. The van der Waals surface area contributed by atoms with Crippen molar-refractivity contribution < 1.29 is 9.59 Å². The Kier molecular flexibility index (Phi) is 7.73. The van der Waals surface area contributed by atoms with Crippen molar-refractivity contribution in [2.75, 3.05) is 36.8 Å². The minimum atomic E-state index is -0.522. The highest BCUT2D eigenvalue weighted by Crippen LogP contribution is 2.26. The summed E-state index contributed by atoms with van der Waals surface area (Å²) in [5, 5.41) is 8.90. The van der Waals surface area contributed by atoms with Gasteiger partial charge in [0.25, 0.3) is 0 Å². The maximum Gasteiger partial charge on any atom is 0.247 e. The lowest BCUT2D eigenvalue weighted by Gasteiger charge is -2.26. The van der Waals surface area contributed by atoms with Crippen molar-refractivity contribution in [2.24, 2.45) is 0 Å². The van der Waals surface area contributed by atoms with Gasteiger partial charge in [0.1, 0.15) is 6.04 Å². The number of nitrogens with zero attached hydrogens (tertiary/aromatic N) is 1. The highest BCUT2D eigenvalue weighted by molar-refractivity contribution is 6.04. The van der Waals surface area contributed by atoms with Crippen molar-refractivity contribution in [3.05, 3.63) is 24.3 Å². The lowest BCUT2D eigenvalue weighted by Crippen LogP contribution is -2.42. The highest BCUT2D eigenvalue weighted by Gasteiger charge is 2.27. The van der Waals surface area contributed by atoms with E-state index in [1.807, 2.05) is 24.3 Å². The molecule has 6 nitrogen and oxygen atoms in total. The van der Waals surface area contributed by atoms with E-state index in [1.165, 1.54) is 0 Å². The Morgan fingerprint density at radius 2 is 1.80 bits per heavy atom. The van der Waals surface area contributed by atoms with Gasteiger partial charge in [0.15, 0.2) is 0 Å². The van der Waals surface area contributed by atoms with Crippen molar-refractivity contribution in [2.45, 2.75) is 45.6 Å². The Balaban J connectivity index is 1.71. The Bertz CT molecular complexity index is 570. The summed E-state index contributed by atoms with van der Waals surface area (Å²) in [4.78, 5) is 26.6. The number of carbonyl (C=O) groups is 2. The van der Waals surface area contributed by atoms with Gasteiger partial charge in [-0.05, 0) is 51.0 Å². The molecule has 2 rings (SSSR count). The van der Waals surface area contributed by atoms with Gasteiger partial charge in [-0.1, -0.05) is 26.0 Å². The molecule has 1 heterocycles. The van der Waals surface area contributed by atoms with Crippen LogP contribution in [0.5, 0.6) is 0 Å². The number of anilines is 2. The van der Waals surface area contributed by atoms with E-state index in [0.29, 0.717) is 6.54 Å². The predicted octanol–water partition coefficient (Wildman–Crippen LogP) is 2.44. The molecule has 0 saturated heterocycles. The molecule has 6 heteroatoms. The van der Waals surface area contributed by atoms with Crippen LogP contribution in [0.4, 0.5) is 11.4 Å². The number of para-hydroxylation sites is 2. The summed E-state index contributed by atoms with van der Waals surface area (Å²) in [5.74, 6) is -0.254. The topological polar surface area (TPSA) is 73.5 Å². The Morgan fingerprint density at radius 3 is 2.48 bits per heavy atom. The number of nitrogens with one attached hydrogen (secondary N) is 3. The van der Waals surface area contributed by atoms with E-state index in [-0.39, 0.29) is 18.2 Å². The molecule has 1 aliphatic heterocycles. The Morgan fingerprint density at radius 1 is 1.12 bits per heavy atom.